The van der Waals surface area contributed by atoms with Gasteiger partial charge in [-0.25, -0.2) is 9.78 Å². The van der Waals surface area contributed by atoms with E-state index in [2.05, 4.69) is 22.9 Å². The highest BCUT2D eigenvalue weighted by Crippen LogP contribution is 2.22. The lowest BCUT2D eigenvalue weighted by Gasteiger charge is -2.19. The first kappa shape index (κ1) is 21.1. The third-order valence-electron chi connectivity index (χ3n) is 4.60. The maximum absolute atomic E-state index is 12.7. The molecule has 2 atom stereocenters. The van der Waals surface area contributed by atoms with Crippen molar-refractivity contribution in [3.63, 3.8) is 0 Å². The van der Waals surface area contributed by atoms with Gasteiger partial charge in [0.2, 0.25) is 5.91 Å². The van der Waals surface area contributed by atoms with Crippen LogP contribution in [0.2, 0.25) is 0 Å². The third kappa shape index (κ3) is 5.92. The third-order valence-corrected chi connectivity index (χ3v) is 5.87. The van der Waals surface area contributed by atoms with E-state index in [-0.39, 0.29) is 12.3 Å². The molecule has 0 saturated carbocycles. The molecule has 0 bridgehead atoms. The first-order chi connectivity index (χ1) is 14.1. The Morgan fingerprint density at radius 2 is 1.72 bits per heavy atom. The molecule has 0 aliphatic rings. The van der Waals surface area contributed by atoms with Crippen molar-refractivity contribution in [2.45, 2.75) is 18.9 Å². The molecule has 150 valence electrons. The standard InChI is InChI=1S/C22H22N2O3S2/c25-20(18(14-28)12-15-4-2-1-3-5-15)24-19(22(26)27)13-16-6-8-17(9-7-16)21-23-10-11-29-21/h1-11,18-19,28H,12-14H2,(H,24,25)(H,26,27). The molecule has 0 spiro atoms. The summed E-state index contributed by atoms with van der Waals surface area (Å²) in [5.41, 5.74) is 2.84. The van der Waals surface area contributed by atoms with E-state index < -0.39 is 17.9 Å². The fourth-order valence-corrected chi connectivity index (χ4v) is 3.95. The van der Waals surface area contributed by atoms with E-state index in [0.29, 0.717) is 12.2 Å². The molecule has 2 N–H and O–H groups in total. The van der Waals surface area contributed by atoms with E-state index in [1.807, 2.05) is 60.0 Å². The van der Waals surface area contributed by atoms with Gasteiger partial charge in [0.15, 0.2) is 0 Å². The number of carboxylic acid groups (broad SMARTS) is 1. The van der Waals surface area contributed by atoms with E-state index in [4.69, 9.17) is 0 Å². The fourth-order valence-electron chi connectivity index (χ4n) is 3.01. The Morgan fingerprint density at radius 3 is 2.31 bits per heavy atom. The maximum atomic E-state index is 12.7. The van der Waals surface area contributed by atoms with Gasteiger partial charge in [0.25, 0.3) is 0 Å². The van der Waals surface area contributed by atoms with Gasteiger partial charge in [0.05, 0.1) is 5.92 Å². The summed E-state index contributed by atoms with van der Waals surface area (Å²) in [4.78, 5) is 28.7. The van der Waals surface area contributed by atoms with Crippen molar-refractivity contribution < 1.29 is 14.7 Å². The molecular formula is C22H22N2O3S2. The molecule has 7 heteroatoms. The molecular weight excluding hydrogens is 404 g/mol. The predicted molar refractivity (Wildman–Crippen MR) is 118 cm³/mol. The lowest BCUT2D eigenvalue weighted by Crippen LogP contribution is -2.45. The van der Waals surface area contributed by atoms with Gasteiger partial charge in [0.1, 0.15) is 11.0 Å². The van der Waals surface area contributed by atoms with Gasteiger partial charge in [-0.15, -0.1) is 11.3 Å². The highest BCUT2D eigenvalue weighted by atomic mass is 32.1. The molecule has 2 unspecified atom stereocenters. The number of hydrogen-bond acceptors (Lipinski definition) is 5. The van der Waals surface area contributed by atoms with Crippen LogP contribution in [0.25, 0.3) is 10.6 Å². The molecule has 0 radical (unpaired) electrons. The second kappa shape index (κ2) is 10.2. The summed E-state index contributed by atoms with van der Waals surface area (Å²) < 4.78 is 0. The highest BCUT2D eigenvalue weighted by molar-refractivity contribution is 7.80. The van der Waals surface area contributed by atoms with Crippen LogP contribution in [0.5, 0.6) is 0 Å². The minimum Gasteiger partial charge on any atom is -0.480 e. The number of amides is 1. The molecule has 1 amide bonds. The Kier molecular flexibility index (Phi) is 7.43. The number of nitrogens with zero attached hydrogens (tertiary/aromatic N) is 1. The number of carbonyl (C=O) groups is 2. The summed E-state index contributed by atoms with van der Waals surface area (Å²) in [7, 11) is 0. The van der Waals surface area contributed by atoms with E-state index in [1.165, 1.54) is 0 Å². The second-order valence-corrected chi connectivity index (χ2v) is 7.97. The van der Waals surface area contributed by atoms with Crippen LogP contribution in [-0.2, 0) is 22.4 Å². The summed E-state index contributed by atoms with van der Waals surface area (Å²) in [6.45, 7) is 0. The molecule has 0 saturated heterocycles. The summed E-state index contributed by atoms with van der Waals surface area (Å²) in [5, 5.41) is 15.1. The van der Waals surface area contributed by atoms with E-state index in [1.54, 1.807) is 17.5 Å². The number of aliphatic carboxylic acids is 1. The lowest BCUT2D eigenvalue weighted by molar-refractivity contribution is -0.142. The summed E-state index contributed by atoms with van der Waals surface area (Å²) in [5.74, 6) is -1.40. The van der Waals surface area contributed by atoms with Gasteiger partial charge in [-0.05, 0) is 17.5 Å². The van der Waals surface area contributed by atoms with Gasteiger partial charge in [-0.3, -0.25) is 4.79 Å². The predicted octanol–water partition coefficient (Wildman–Crippen LogP) is 3.71. The van der Waals surface area contributed by atoms with Crippen LogP contribution in [0.3, 0.4) is 0 Å². The number of carboxylic acids is 1. The van der Waals surface area contributed by atoms with E-state index >= 15 is 0 Å². The lowest BCUT2D eigenvalue weighted by atomic mass is 9.98. The first-order valence-corrected chi connectivity index (χ1v) is 10.7. The number of thiazole rings is 1. The van der Waals surface area contributed by atoms with E-state index in [9.17, 15) is 14.7 Å². The number of thiol groups is 1. The Labute approximate surface area is 179 Å². The SMILES string of the molecule is O=C(NC(Cc1ccc(-c2nccs2)cc1)C(=O)O)C(CS)Cc1ccccc1. The molecule has 0 aliphatic heterocycles. The van der Waals surface area contributed by atoms with Crippen molar-refractivity contribution in [2.24, 2.45) is 5.92 Å². The summed E-state index contributed by atoms with van der Waals surface area (Å²) in [6.07, 6.45) is 2.48. The van der Waals surface area contributed by atoms with Gasteiger partial charge in [-0.1, -0.05) is 54.6 Å². The fraction of sp³-hybridized carbons (Fsp3) is 0.227. The van der Waals surface area contributed by atoms with Crippen molar-refractivity contribution in [3.8, 4) is 10.6 Å². The minimum absolute atomic E-state index is 0.212. The first-order valence-electron chi connectivity index (χ1n) is 9.23. The molecule has 3 rings (SSSR count). The largest absolute Gasteiger partial charge is 0.480 e. The average molecular weight is 427 g/mol. The number of benzene rings is 2. The summed E-state index contributed by atoms with van der Waals surface area (Å²) >= 11 is 5.83. The zero-order chi connectivity index (χ0) is 20.6. The second-order valence-electron chi connectivity index (χ2n) is 6.71. The maximum Gasteiger partial charge on any atom is 0.326 e. The average Bonchev–Trinajstić information content (AvgIpc) is 3.27. The quantitative estimate of drug-likeness (QED) is 0.456. The van der Waals surface area contributed by atoms with Crippen LogP contribution in [0.15, 0.2) is 66.2 Å². The van der Waals surface area contributed by atoms with Gasteiger partial charge in [-0.2, -0.15) is 12.6 Å². The van der Waals surface area contributed by atoms with Gasteiger partial charge >= 0.3 is 5.97 Å². The Morgan fingerprint density at radius 1 is 1.03 bits per heavy atom. The Hall–Kier alpha value is -2.64. The molecule has 1 heterocycles. The Bertz CT molecular complexity index is 928. The van der Waals surface area contributed by atoms with Crippen LogP contribution >= 0.6 is 24.0 Å². The summed E-state index contributed by atoms with van der Waals surface area (Å²) in [6, 6.07) is 16.2. The molecule has 3 aromatic rings. The zero-order valence-electron chi connectivity index (χ0n) is 15.7. The molecule has 0 fully saturated rings. The molecule has 29 heavy (non-hydrogen) atoms. The number of carbonyl (C=O) groups excluding carboxylic acids is 1. The molecule has 2 aromatic carbocycles. The van der Waals surface area contributed by atoms with Crippen molar-refractivity contribution in [3.05, 3.63) is 77.3 Å². The molecule has 5 nitrogen and oxygen atoms in total. The topological polar surface area (TPSA) is 79.3 Å². The van der Waals surface area contributed by atoms with Crippen molar-refractivity contribution in [2.75, 3.05) is 5.75 Å². The zero-order valence-corrected chi connectivity index (χ0v) is 17.4. The van der Waals surface area contributed by atoms with Crippen molar-refractivity contribution in [1.29, 1.82) is 0 Å². The molecule has 0 aliphatic carbocycles. The smallest absolute Gasteiger partial charge is 0.326 e. The van der Waals surface area contributed by atoms with Crippen LogP contribution in [0.4, 0.5) is 0 Å². The van der Waals surface area contributed by atoms with Crippen LogP contribution in [-0.4, -0.2) is 33.8 Å². The van der Waals surface area contributed by atoms with E-state index in [0.717, 1.165) is 21.7 Å². The number of aromatic nitrogens is 1. The number of nitrogens with one attached hydrogen (secondary N) is 1. The van der Waals surface area contributed by atoms with Crippen molar-refractivity contribution >= 4 is 35.8 Å². The van der Waals surface area contributed by atoms with Crippen LogP contribution < -0.4 is 5.32 Å². The Balaban J connectivity index is 1.64. The highest BCUT2D eigenvalue weighted by Gasteiger charge is 2.25. The van der Waals surface area contributed by atoms with Crippen molar-refractivity contribution in [1.82, 2.24) is 10.3 Å². The molecule has 1 aromatic heterocycles. The number of rotatable bonds is 9. The minimum atomic E-state index is -1.06. The monoisotopic (exact) mass is 426 g/mol. The normalized spacial score (nSPS) is 12.9. The number of hydrogen-bond donors (Lipinski definition) is 3. The van der Waals surface area contributed by atoms with Gasteiger partial charge < -0.3 is 10.4 Å². The van der Waals surface area contributed by atoms with Gasteiger partial charge in [0, 0.05) is 29.3 Å². The van der Waals surface area contributed by atoms with Crippen LogP contribution in [0, 0.1) is 5.92 Å². The van der Waals surface area contributed by atoms with Crippen LogP contribution in [0.1, 0.15) is 11.1 Å².